The molecule has 0 aromatic heterocycles. The fraction of sp³-hybridized carbons (Fsp3) is 0.412. The molecule has 0 spiro atoms. The first-order chi connectivity index (χ1) is 9.97. The Kier molecular flexibility index (Phi) is 3.32. The molecule has 3 rings (SSSR count). The second kappa shape index (κ2) is 5.02. The van der Waals surface area contributed by atoms with Crippen LogP contribution < -0.4 is 5.32 Å². The van der Waals surface area contributed by atoms with Crippen molar-refractivity contribution < 1.29 is 14.7 Å². The average Bonchev–Trinajstić information content (AvgIpc) is 3.03. The number of nitrogens with one attached hydrogen (secondary N) is 1. The highest BCUT2D eigenvalue weighted by Gasteiger charge is 2.51. The second-order valence-corrected chi connectivity index (χ2v) is 6.15. The Labute approximate surface area is 123 Å². The van der Waals surface area contributed by atoms with E-state index < -0.39 is 17.8 Å². The molecule has 110 valence electrons. The molecule has 21 heavy (non-hydrogen) atoms. The van der Waals surface area contributed by atoms with Crippen LogP contribution in [0, 0.1) is 37.5 Å². The molecule has 0 heterocycles. The van der Waals surface area contributed by atoms with Gasteiger partial charge >= 0.3 is 5.97 Å². The van der Waals surface area contributed by atoms with E-state index in [4.69, 9.17) is 0 Å². The van der Waals surface area contributed by atoms with Crippen LogP contribution in [-0.4, -0.2) is 17.0 Å². The number of amides is 1. The van der Waals surface area contributed by atoms with Gasteiger partial charge in [0.05, 0.1) is 11.8 Å². The van der Waals surface area contributed by atoms with Crippen LogP contribution in [0.15, 0.2) is 30.4 Å². The molecule has 1 aromatic carbocycles. The van der Waals surface area contributed by atoms with Crippen LogP contribution in [0.25, 0.3) is 0 Å². The summed E-state index contributed by atoms with van der Waals surface area (Å²) in [5, 5.41) is 12.3. The first-order valence-electron chi connectivity index (χ1n) is 7.26. The van der Waals surface area contributed by atoms with E-state index in [0.29, 0.717) is 0 Å². The van der Waals surface area contributed by atoms with E-state index in [1.165, 1.54) is 0 Å². The number of benzene rings is 1. The second-order valence-electron chi connectivity index (χ2n) is 6.15. The van der Waals surface area contributed by atoms with Crippen molar-refractivity contribution in [3.8, 4) is 0 Å². The molecule has 1 amide bonds. The molecule has 0 unspecified atom stereocenters. The summed E-state index contributed by atoms with van der Waals surface area (Å²) in [7, 11) is 0. The predicted molar refractivity (Wildman–Crippen MR) is 79.9 cm³/mol. The summed E-state index contributed by atoms with van der Waals surface area (Å²) in [5.41, 5.74) is 2.83. The monoisotopic (exact) mass is 285 g/mol. The van der Waals surface area contributed by atoms with Crippen LogP contribution >= 0.6 is 0 Å². The number of hydrogen-bond donors (Lipinski definition) is 2. The molecule has 0 saturated heterocycles. The minimum Gasteiger partial charge on any atom is -0.481 e. The van der Waals surface area contributed by atoms with Gasteiger partial charge in [0.25, 0.3) is 0 Å². The summed E-state index contributed by atoms with van der Waals surface area (Å²) in [6.45, 7) is 3.90. The van der Waals surface area contributed by atoms with Crippen LogP contribution in [0.4, 0.5) is 5.69 Å². The number of allylic oxidation sites excluding steroid dienone is 2. The summed E-state index contributed by atoms with van der Waals surface area (Å²) in [4.78, 5) is 24.0. The lowest BCUT2D eigenvalue weighted by atomic mass is 9.82. The summed E-state index contributed by atoms with van der Waals surface area (Å²) < 4.78 is 0. The number of hydrogen-bond acceptors (Lipinski definition) is 2. The first kappa shape index (κ1) is 13.9. The van der Waals surface area contributed by atoms with Gasteiger partial charge in [-0.25, -0.2) is 0 Å². The van der Waals surface area contributed by atoms with Gasteiger partial charge in [-0.1, -0.05) is 24.3 Å². The number of anilines is 1. The number of rotatable bonds is 3. The quantitative estimate of drug-likeness (QED) is 0.839. The summed E-state index contributed by atoms with van der Waals surface area (Å²) in [6, 6.07) is 5.87. The van der Waals surface area contributed by atoms with Gasteiger partial charge in [-0.15, -0.1) is 0 Å². The minimum atomic E-state index is -0.868. The molecular weight excluding hydrogens is 266 g/mol. The van der Waals surface area contributed by atoms with E-state index in [-0.39, 0.29) is 17.7 Å². The standard InChI is InChI=1S/C17H19NO3/c1-9-3-4-10(2)13(7-9)18-16(19)14-11-5-6-12(8-11)15(14)17(20)21/h3-7,11-12,14-15H,8H2,1-2H3,(H,18,19)(H,20,21)/t11-,12+,14-,15+/m1/s1. The average molecular weight is 285 g/mol. The van der Waals surface area contributed by atoms with E-state index >= 15 is 0 Å². The number of fused-ring (bicyclic) bond motifs is 2. The molecule has 4 nitrogen and oxygen atoms in total. The maximum absolute atomic E-state index is 12.6. The summed E-state index contributed by atoms with van der Waals surface area (Å²) in [6.07, 6.45) is 4.73. The zero-order chi connectivity index (χ0) is 15.1. The molecule has 2 bridgehead atoms. The number of carbonyl (C=O) groups excluding carboxylic acids is 1. The summed E-state index contributed by atoms with van der Waals surface area (Å²) >= 11 is 0. The molecule has 1 aromatic rings. The van der Waals surface area contributed by atoms with Gasteiger partial charge in [0, 0.05) is 5.69 Å². The van der Waals surface area contributed by atoms with E-state index in [1.807, 2.05) is 44.2 Å². The largest absolute Gasteiger partial charge is 0.481 e. The van der Waals surface area contributed by atoms with Crippen molar-refractivity contribution in [3.63, 3.8) is 0 Å². The molecule has 2 aliphatic carbocycles. The van der Waals surface area contributed by atoms with E-state index in [0.717, 1.165) is 23.2 Å². The molecule has 0 aliphatic heterocycles. The van der Waals surface area contributed by atoms with Crippen LogP contribution in [0.3, 0.4) is 0 Å². The van der Waals surface area contributed by atoms with Crippen LogP contribution in [0.1, 0.15) is 17.5 Å². The molecular formula is C17H19NO3. The van der Waals surface area contributed by atoms with Crippen molar-refractivity contribution in [1.29, 1.82) is 0 Å². The maximum atomic E-state index is 12.6. The van der Waals surface area contributed by atoms with Crippen molar-refractivity contribution in [1.82, 2.24) is 0 Å². The minimum absolute atomic E-state index is 0.00172. The van der Waals surface area contributed by atoms with E-state index in [2.05, 4.69) is 5.32 Å². The summed E-state index contributed by atoms with van der Waals surface area (Å²) in [5.74, 6) is -2.04. The zero-order valence-electron chi connectivity index (χ0n) is 12.2. The molecule has 1 fully saturated rings. The number of carbonyl (C=O) groups is 2. The molecule has 2 N–H and O–H groups in total. The SMILES string of the molecule is Cc1ccc(C)c(NC(=O)[C@H]2[C@@H](C(=O)O)[C@H]3C=C[C@@H]2C3)c1. The Hall–Kier alpha value is -2.10. The van der Waals surface area contributed by atoms with Crippen molar-refractivity contribution in [2.45, 2.75) is 20.3 Å². The van der Waals surface area contributed by atoms with Gasteiger partial charge in [-0.3, -0.25) is 9.59 Å². The Morgan fingerprint density at radius 1 is 1.14 bits per heavy atom. The Morgan fingerprint density at radius 3 is 2.48 bits per heavy atom. The van der Waals surface area contributed by atoms with Crippen molar-refractivity contribution in [3.05, 3.63) is 41.5 Å². The van der Waals surface area contributed by atoms with Gasteiger partial charge in [0.2, 0.25) is 5.91 Å². The third-order valence-corrected chi connectivity index (χ3v) is 4.70. The lowest BCUT2D eigenvalue weighted by Gasteiger charge is -2.24. The lowest BCUT2D eigenvalue weighted by Crippen LogP contribution is -2.36. The Morgan fingerprint density at radius 2 is 1.81 bits per heavy atom. The van der Waals surface area contributed by atoms with Crippen LogP contribution in [0.5, 0.6) is 0 Å². The highest BCUT2D eigenvalue weighted by molar-refractivity contribution is 5.97. The van der Waals surface area contributed by atoms with E-state index in [1.54, 1.807) is 0 Å². The van der Waals surface area contributed by atoms with Gasteiger partial charge in [0.1, 0.15) is 0 Å². The number of aryl methyl sites for hydroxylation is 2. The van der Waals surface area contributed by atoms with Crippen molar-refractivity contribution in [2.75, 3.05) is 5.32 Å². The normalized spacial score (nSPS) is 29.6. The number of carboxylic acid groups (broad SMARTS) is 1. The van der Waals surface area contributed by atoms with Crippen LogP contribution in [0.2, 0.25) is 0 Å². The fourth-order valence-electron chi connectivity index (χ4n) is 3.60. The molecule has 0 radical (unpaired) electrons. The first-order valence-corrected chi connectivity index (χ1v) is 7.26. The fourth-order valence-corrected chi connectivity index (χ4v) is 3.60. The predicted octanol–water partition coefficient (Wildman–Crippen LogP) is 2.76. The van der Waals surface area contributed by atoms with Gasteiger partial charge in [0.15, 0.2) is 0 Å². The van der Waals surface area contributed by atoms with Gasteiger partial charge in [-0.05, 0) is 49.3 Å². The van der Waals surface area contributed by atoms with Crippen LogP contribution in [-0.2, 0) is 9.59 Å². The molecule has 4 atom stereocenters. The van der Waals surface area contributed by atoms with E-state index in [9.17, 15) is 14.7 Å². The molecule has 2 aliphatic rings. The smallest absolute Gasteiger partial charge is 0.307 e. The van der Waals surface area contributed by atoms with Gasteiger partial charge < -0.3 is 10.4 Å². The lowest BCUT2D eigenvalue weighted by molar-refractivity contribution is -0.146. The topological polar surface area (TPSA) is 66.4 Å². The third kappa shape index (κ3) is 2.35. The zero-order valence-corrected chi connectivity index (χ0v) is 12.2. The Bertz CT molecular complexity index is 635. The van der Waals surface area contributed by atoms with Gasteiger partial charge in [-0.2, -0.15) is 0 Å². The molecule has 4 heteroatoms. The highest BCUT2D eigenvalue weighted by Crippen LogP contribution is 2.48. The Balaban J connectivity index is 1.83. The van der Waals surface area contributed by atoms with Crippen molar-refractivity contribution >= 4 is 17.6 Å². The maximum Gasteiger partial charge on any atom is 0.307 e. The van der Waals surface area contributed by atoms with Crippen molar-refractivity contribution in [2.24, 2.45) is 23.7 Å². The third-order valence-electron chi connectivity index (χ3n) is 4.70. The molecule has 1 saturated carbocycles. The number of carboxylic acids is 1. The highest BCUT2D eigenvalue weighted by atomic mass is 16.4. The number of aliphatic carboxylic acids is 1.